The maximum Gasteiger partial charge on any atom is 0.239 e. The monoisotopic (exact) mass is 200 g/mol. The molecule has 0 aliphatic rings. The second kappa shape index (κ2) is 4.78. The summed E-state index contributed by atoms with van der Waals surface area (Å²) in [6.45, 7) is 11.0. The first-order valence-corrected chi connectivity index (χ1v) is 5.19. The summed E-state index contributed by atoms with van der Waals surface area (Å²) in [6, 6.07) is -0.0378. The molecule has 84 valence electrons. The molecule has 0 aromatic heterocycles. The molecule has 1 amide bonds. The van der Waals surface area contributed by atoms with E-state index in [9.17, 15) is 4.79 Å². The molecule has 0 aromatic carbocycles. The van der Waals surface area contributed by atoms with Crippen LogP contribution in [0.15, 0.2) is 0 Å². The summed E-state index contributed by atoms with van der Waals surface area (Å²) in [7, 11) is 3.83. The third kappa shape index (κ3) is 3.29. The van der Waals surface area contributed by atoms with Gasteiger partial charge in [-0.15, -0.1) is 0 Å². The Morgan fingerprint density at radius 2 is 1.71 bits per heavy atom. The minimum absolute atomic E-state index is 0.0378. The smallest absolute Gasteiger partial charge is 0.239 e. The summed E-state index contributed by atoms with van der Waals surface area (Å²) in [6.07, 6.45) is 0. The number of carbonyl (C=O) groups is 1. The fourth-order valence-electron chi connectivity index (χ4n) is 1.07. The number of carbonyl (C=O) groups excluding carboxylic acids is 1. The third-order valence-corrected chi connectivity index (χ3v) is 2.85. The average molecular weight is 200 g/mol. The van der Waals surface area contributed by atoms with E-state index >= 15 is 0 Å². The number of rotatable bonds is 3. The van der Waals surface area contributed by atoms with Crippen molar-refractivity contribution in [2.75, 3.05) is 20.6 Å². The highest BCUT2D eigenvalue weighted by molar-refractivity contribution is 5.81. The van der Waals surface area contributed by atoms with Crippen molar-refractivity contribution in [1.82, 2.24) is 9.80 Å². The largest absolute Gasteiger partial charge is 0.340 e. The topological polar surface area (TPSA) is 23.6 Å². The molecule has 0 aliphatic heterocycles. The van der Waals surface area contributed by atoms with Gasteiger partial charge in [-0.2, -0.15) is 0 Å². The van der Waals surface area contributed by atoms with Crippen LogP contribution in [0.2, 0.25) is 0 Å². The van der Waals surface area contributed by atoms with E-state index in [1.165, 1.54) is 0 Å². The minimum atomic E-state index is -0.0973. The second-order valence-corrected chi connectivity index (χ2v) is 4.82. The lowest BCUT2D eigenvalue weighted by Gasteiger charge is -2.36. The molecule has 3 nitrogen and oxygen atoms in total. The van der Waals surface area contributed by atoms with Crippen LogP contribution in [-0.2, 0) is 4.79 Å². The molecule has 14 heavy (non-hydrogen) atoms. The predicted molar refractivity (Wildman–Crippen MR) is 60.3 cm³/mol. The van der Waals surface area contributed by atoms with E-state index in [1.54, 1.807) is 0 Å². The summed E-state index contributed by atoms with van der Waals surface area (Å²) < 4.78 is 0. The number of amides is 1. The van der Waals surface area contributed by atoms with E-state index in [4.69, 9.17) is 0 Å². The van der Waals surface area contributed by atoms with Crippen LogP contribution in [-0.4, -0.2) is 47.9 Å². The van der Waals surface area contributed by atoms with Gasteiger partial charge in [-0.3, -0.25) is 9.69 Å². The number of likely N-dealkylation sites (N-methyl/N-ethyl adjacent to an activating group) is 2. The van der Waals surface area contributed by atoms with Crippen LogP contribution in [0.1, 0.15) is 34.6 Å². The Morgan fingerprint density at radius 3 is 2.00 bits per heavy atom. The Hall–Kier alpha value is -0.570. The van der Waals surface area contributed by atoms with Crippen molar-refractivity contribution < 1.29 is 4.79 Å². The van der Waals surface area contributed by atoms with E-state index in [1.807, 2.05) is 51.6 Å². The summed E-state index contributed by atoms with van der Waals surface area (Å²) in [5.74, 6) is 0.182. The average Bonchev–Trinajstić information content (AvgIpc) is 2.11. The number of hydrogen-bond acceptors (Lipinski definition) is 2. The van der Waals surface area contributed by atoms with Gasteiger partial charge in [0, 0.05) is 12.6 Å². The molecule has 0 aromatic rings. The van der Waals surface area contributed by atoms with Gasteiger partial charge in [-0.05, 0) is 41.3 Å². The fraction of sp³-hybridized carbons (Fsp3) is 0.909. The zero-order valence-corrected chi connectivity index (χ0v) is 10.6. The first kappa shape index (κ1) is 13.4. The lowest BCUT2D eigenvalue weighted by atomic mass is 10.1. The molecule has 0 bridgehead atoms. The van der Waals surface area contributed by atoms with Crippen LogP contribution in [0.25, 0.3) is 0 Å². The molecule has 0 saturated heterocycles. The van der Waals surface area contributed by atoms with Crippen molar-refractivity contribution in [2.45, 2.75) is 46.2 Å². The number of nitrogens with zero attached hydrogens (tertiary/aromatic N) is 2. The van der Waals surface area contributed by atoms with Gasteiger partial charge >= 0.3 is 0 Å². The van der Waals surface area contributed by atoms with Gasteiger partial charge < -0.3 is 4.90 Å². The molecule has 0 unspecified atom stereocenters. The van der Waals surface area contributed by atoms with Gasteiger partial charge in [-0.1, -0.05) is 6.92 Å². The van der Waals surface area contributed by atoms with E-state index < -0.39 is 0 Å². The van der Waals surface area contributed by atoms with Crippen LogP contribution >= 0.6 is 0 Å². The van der Waals surface area contributed by atoms with Crippen LogP contribution < -0.4 is 0 Å². The van der Waals surface area contributed by atoms with Gasteiger partial charge in [0.15, 0.2) is 0 Å². The van der Waals surface area contributed by atoms with Crippen LogP contribution in [0.4, 0.5) is 0 Å². The Balaban J connectivity index is 4.47. The van der Waals surface area contributed by atoms with Gasteiger partial charge in [0.05, 0.1) is 6.04 Å². The van der Waals surface area contributed by atoms with Crippen molar-refractivity contribution in [1.29, 1.82) is 0 Å². The summed E-state index contributed by atoms with van der Waals surface area (Å²) in [5.41, 5.74) is -0.0973. The fourth-order valence-corrected chi connectivity index (χ4v) is 1.07. The van der Waals surface area contributed by atoms with Crippen molar-refractivity contribution in [3.05, 3.63) is 0 Å². The summed E-state index contributed by atoms with van der Waals surface area (Å²) in [4.78, 5) is 15.8. The Kier molecular flexibility index (Phi) is 4.59. The standard InChI is InChI=1S/C11H24N2O/c1-8-12(6)9(2)10(14)13(7)11(3,4)5/h9H,8H2,1-7H3/t9-/m0/s1. The maximum absolute atomic E-state index is 12.0. The highest BCUT2D eigenvalue weighted by atomic mass is 16.2. The summed E-state index contributed by atoms with van der Waals surface area (Å²) in [5, 5.41) is 0. The van der Waals surface area contributed by atoms with Gasteiger partial charge in [0.25, 0.3) is 0 Å². The Morgan fingerprint density at radius 1 is 1.29 bits per heavy atom. The normalized spacial score (nSPS) is 14.3. The highest BCUT2D eigenvalue weighted by Crippen LogP contribution is 2.13. The molecule has 0 fully saturated rings. The quantitative estimate of drug-likeness (QED) is 0.690. The third-order valence-electron chi connectivity index (χ3n) is 2.85. The van der Waals surface area contributed by atoms with Crippen molar-refractivity contribution >= 4 is 5.91 Å². The van der Waals surface area contributed by atoms with Gasteiger partial charge in [0.1, 0.15) is 0 Å². The molecule has 0 heterocycles. The molecule has 1 atom stereocenters. The molecule has 0 spiro atoms. The van der Waals surface area contributed by atoms with E-state index in [2.05, 4.69) is 6.92 Å². The van der Waals surface area contributed by atoms with E-state index in [0.29, 0.717) is 0 Å². The molecule has 0 radical (unpaired) electrons. The zero-order valence-electron chi connectivity index (χ0n) is 10.6. The lowest BCUT2D eigenvalue weighted by Crippen LogP contribution is -2.50. The molecule has 0 N–H and O–H groups in total. The lowest BCUT2D eigenvalue weighted by molar-refractivity contribution is -0.138. The molecule has 0 aliphatic carbocycles. The van der Waals surface area contributed by atoms with Crippen molar-refractivity contribution in [3.8, 4) is 0 Å². The molecule has 3 heteroatoms. The van der Waals surface area contributed by atoms with Gasteiger partial charge in [-0.25, -0.2) is 0 Å². The van der Waals surface area contributed by atoms with Crippen molar-refractivity contribution in [2.24, 2.45) is 0 Å². The van der Waals surface area contributed by atoms with Gasteiger partial charge in [0.2, 0.25) is 5.91 Å². The Bertz CT molecular complexity index is 196. The summed E-state index contributed by atoms with van der Waals surface area (Å²) >= 11 is 0. The van der Waals surface area contributed by atoms with Crippen LogP contribution in [0.5, 0.6) is 0 Å². The van der Waals surface area contributed by atoms with E-state index in [-0.39, 0.29) is 17.5 Å². The minimum Gasteiger partial charge on any atom is -0.340 e. The maximum atomic E-state index is 12.0. The molecular weight excluding hydrogens is 176 g/mol. The van der Waals surface area contributed by atoms with Crippen LogP contribution in [0, 0.1) is 0 Å². The SMILES string of the molecule is CCN(C)[C@@H](C)C(=O)N(C)C(C)(C)C. The van der Waals surface area contributed by atoms with Crippen molar-refractivity contribution in [3.63, 3.8) is 0 Å². The predicted octanol–water partition coefficient (Wildman–Crippen LogP) is 1.58. The molecular formula is C11H24N2O. The number of hydrogen-bond donors (Lipinski definition) is 0. The highest BCUT2D eigenvalue weighted by Gasteiger charge is 2.27. The molecule has 0 saturated carbocycles. The van der Waals surface area contributed by atoms with E-state index in [0.717, 1.165) is 6.54 Å². The Labute approximate surface area is 88.1 Å². The second-order valence-electron chi connectivity index (χ2n) is 4.82. The first-order valence-electron chi connectivity index (χ1n) is 5.19. The van der Waals surface area contributed by atoms with Crippen LogP contribution in [0.3, 0.4) is 0 Å². The molecule has 0 rings (SSSR count). The first-order chi connectivity index (χ1) is 6.21. The zero-order chi connectivity index (χ0) is 11.5.